The quantitative estimate of drug-likeness (QED) is 0.386. The van der Waals surface area contributed by atoms with Crippen molar-refractivity contribution >= 4 is 0 Å². The SMILES string of the molecule is CCCc1ccc(-c2ccc(-c3ccc(C4CCC(C)CC4)c(F)c3)cc2)c(F)c1F. The van der Waals surface area contributed by atoms with Gasteiger partial charge in [-0.25, -0.2) is 13.2 Å². The van der Waals surface area contributed by atoms with Crippen molar-refractivity contribution in [1.29, 1.82) is 0 Å². The first-order valence-electron chi connectivity index (χ1n) is 11.3. The van der Waals surface area contributed by atoms with Crippen molar-refractivity contribution in [3.8, 4) is 22.3 Å². The fourth-order valence-electron chi connectivity index (χ4n) is 4.73. The van der Waals surface area contributed by atoms with Crippen molar-refractivity contribution < 1.29 is 13.2 Å². The van der Waals surface area contributed by atoms with Crippen molar-refractivity contribution in [2.45, 2.75) is 58.3 Å². The lowest BCUT2D eigenvalue weighted by atomic mass is 9.79. The van der Waals surface area contributed by atoms with Gasteiger partial charge in [-0.05, 0) is 65.0 Å². The van der Waals surface area contributed by atoms with Gasteiger partial charge in [0, 0.05) is 5.56 Å². The fraction of sp³-hybridized carbons (Fsp3) is 0.357. The Hall–Kier alpha value is -2.55. The number of aryl methyl sites for hydroxylation is 1. The number of hydrogen-bond acceptors (Lipinski definition) is 0. The third kappa shape index (κ3) is 4.56. The van der Waals surface area contributed by atoms with Gasteiger partial charge in [0.05, 0.1) is 0 Å². The van der Waals surface area contributed by atoms with Gasteiger partial charge in [-0.1, -0.05) is 81.6 Å². The van der Waals surface area contributed by atoms with Gasteiger partial charge in [-0.3, -0.25) is 0 Å². The Morgan fingerprint density at radius 3 is 2.03 bits per heavy atom. The third-order valence-corrected chi connectivity index (χ3v) is 6.67. The molecule has 0 heterocycles. The van der Waals surface area contributed by atoms with Crippen LogP contribution in [0.5, 0.6) is 0 Å². The lowest BCUT2D eigenvalue weighted by Gasteiger charge is -2.26. The zero-order valence-electron chi connectivity index (χ0n) is 18.2. The van der Waals surface area contributed by atoms with Gasteiger partial charge in [0.25, 0.3) is 0 Å². The molecule has 0 aromatic heterocycles. The highest BCUT2D eigenvalue weighted by atomic mass is 19.2. The van der Waals surface area contributed by atoms with Gasteiger partial charge in [0.2, 0.25) is 0 Å². The van der Waals surface area contributed by atoms with Crippen molar-refractivity contribution in [3.63, 3.8) is 0 Å². The van der Waals surface area contributed by atoms with E-state index in [1.54, 1.807) is 30.3 Å². The van der Waals surface area contributed by atoms with Crippen LogP contribution >= 0.6 is 0 Å². The van der Waals surface area contributed by atoms with E-state index in [9.17, 15) is 13.2 Å². The molecule has 0 nitrogen and oxygen atoms in total. The molecule has 0 unspecified atom stereocenters. The number of hydrogen-bond donors (Lipinski definition) is 0. The molecule has 1 aliphatic carbocycles. The topological polar surface area (TPSA) is 0 Å². The summed E-state index contributed by atoms with van der Waals surface area (Å²) in [6.45, 7) is 4.20. The van der Waals surface area contributed by atoms with Gasteiger partial charge in [-0.2, -0.15) is 0 Å². The minimum absolute atomic E-state index is 0.152. The minimum Gasteiger partial charge on any atom is -0.207 e. The molecule has 0 bridgehead atoms. The maximum Gasteiger partial charge on any atom is 0.166 e. The molecule has 1 fully saturated rings. The molecule has 4 rings (SSSR count). The lowest BCUT2D eigenvalue weighted by molar-refractivity contribution is 0.342. The van der Waals surface area contributed by atoms with E-state index in [0.717, 1.165) is 54.7 Å². The van der Waals surface area contributed by atoms with Crippen LogP contribution in [0.4, 0.5) is 13.2 Å². The van der Waals surface area contributed by atoms with Crippen molar-refractivity contribution in [3.05, 3.63) is 83.2 Å². The van der Waals surface area contributed by atoms with E-state index in [2.05, 4.69) is 6.92 Å². The molecule has 3 aromatic rings. The standard InChI is InChI=1S/C28H29F3/c1-3-4-22-13-16-25(28(31)27(22)30)21-11-9-19(10-12-21)23-14-15-24(26(29)17-23)20-7-5-18(2)6-8-20/h9-18,20H,3-8H2,1-2H3. The number of halogens is 3. The lowest BCUT2D eigenvalue weighted by Crippen LogP contribution is -2.12. The van der Waals surface area contributed by atoms with Gasteiger partial charge >= 0.3 is 0 Å². The normalized spacial score (nSPS) is 18.9. The second kappa shape index (κ2) is 9.30. The molecule has 0 atom stereocenters. The summed E-state index contributed by atoms with van der Waals surface area (Å²) in [7, 11) is 0. The summed E-state index contributed by atoms with van der Waals surface area (Å²) in [5.74, 6) is -0.686. The van der Waals surface area contributed by atoms with E-state index < -0.39 is 11.6 Å². The molecule has 0 aliphatic heterocycles. The minimum atomic E-state index is -0.809. The molecular formula is C28H29F3. The van der Waals surface area contributed by atoms with Crippen molar-refractivity contribution in [1.82, 2.24) is 0 Å². The van der Waals surface area contributed by atoms with Crippen LogP contribution in [0.2, 0.25) is 0 Å². The highest BCUT2D eigenvalue weighted by Crippen LogP contribution is 2.38. The molecular weight excluding hydrogens is 393 g/mol. The van der Waals surface area contributed by atoms with E-state index in [0.29, 0.717) is 23.5 Å². The largest absolute Gasteiger partial charge is 0.207 e. The molecule has 0 N–H and O–H groups in total. The summed E-state index contributed by atoms with van der Waals surface area (Å²) < 4.78 is 43.8. The number of rotatable bonds is 5. The van der Waals surface area contributed by atoms with Crippen LogP contribution in [-0.2, 0) is 6.42 Å². The Morgan fingerprint density at radius 1 is 0.742 bits per heavy atom. The zero-order valence-corrected chi connectivity index (χ0v) is 18.2. The van der Waals surface area contributed by atoms with Crippen LogP contribution < -0.4 is 0 Å². The van der Waals surface area contributed by atoms with Gasteiger partial charge in [0.1, 0.15) is 5.82 Å². The average molecular weight is 423 g/mol. The first kappa shape index (κ1) is 21.7. The molecule has 3 heteroatoms. The van der Waals surface area contributed by atoms with Crippen LogP contribution in [0, 0.1) is 23.4 Å². The first-order valence-corrected chi connectivity index (χ1v) is 11.3. The number of benzene rings is 3. The molecule has 3 aromatic carbocycles. The van der Waals surface area contributed by atoms with Gasteiger partial charge in [0.15, 0.2) is 11.6 Å². The molecule has 162 valence electrons. The summed E-state index contributed by atoms with van der Waals surface area (Å²) in [6.07, 6.45) is 5.69. The summed E-state index contributed by atoms with van der Waals surface area (Å²) >= 11 is 0. The molecule has 0 amide bonds. The molecule has 1 saturated carbocycles. The molecule has 0 radical (unpaired) electrons. The smallest absolute Gasteiger partial charge is 0.166 e. The summed E-state index contributed by atoms with van der Waals surface area (Å²) in [6, 6.07) is 16.0. The van der Waals surface area contributed by atoms with Crippen LogP contribution in [0.25, 0.3) is 22.3 Å². The Morgan fingerprint density at radius 2 is 1.39 bits per heavy atom. The van der Waals surface area contributed by atoms with Gasteiger partial charge in [-0.15, -0.1) is 0 Å². The van der Waals surface area contributed by atoms with Crippen LogP contribution in [0.1, 0.15) is 63.0 Å². The first-order chi connectivity index (χ1) is 15.0. The molecule has 1 aliphatic rings. The van der Waals surface area contributed by atoms with E-state index in [-0.39, 0.29) is 11.4 Å². The summed E-state index contributed by atoms with van der Waals surface area (Å²) in [5, 5.41) is 0. The predicted octanol–water partition coefficient (Wildman–Crippen LogP) is 8.68. The van der Waals surface area contributed by atoms with E-state index >= 15 is 0 Å². The fourth-order valence-corrected chi connectivity index (χ4v) is 4.73. The molecule has 0 saturated heterocycles. The van der Waals surface area contributed by atoms with Crippen LogP contribution in [0.15, 0.2) is 54.6 Å². The molecule has 31 heavy (non-hydrogen) atoms. The highest BCUT2D eigenvalue weighted by molar-refractivity contribution is 5.71. The van der Waals surface area contributed by atoms with E-state index in [1.165, 1.54) is 0 Å². The second-order valence-electron chi connectivity index (χ2n) is 8.92. The van der Waals surface area contributed by atoms with Crippen LogP contribution in [-0.4, -0.2) is 0 Å². The summed E-state index contributed by atoms with van der Waals surface area (Å²) in [4.78, 5) is 0. The van der Waals surface area contributed by atoms with Gasteiger partial charge < -0.3 is 0 Å². The van der Waals surface area contributed by atoms with E-state index in [1.807, 2.05) is 31.2 Å². The Labute approximate surface area is 183 Å². The maximum absolute atomic E-state index is 14.9. The monoisotopic (exact) mass is 422 g/mol. The molecule has 0 spiro atoms. The summed E-state index contributed by atoms with van der Waals surface area (Å²) in [5.41, 5.74) is 3.73. The highest BCUT2D eigenvalue weighted by Gasteiger charge is 2.22. The zero-order chi connectivity index (χ0) is 22.0. The van der Waals surface area contributed by atoms with E-state index in [4.69, 9.17) is 0 Å². The third-order valence-electron chi connectivity index (χ3n) is 6.67. The Bertz CT molecular complexity index is 1040. The Balaban J connectivity index is 1.56. The van der Waals surface area contributed by atoms with Crippen molar-refractivity contribution in [2.24, 2.45) is 5.92 Å². The second-order valence-corrected chi connectivity index (χ2v) is 8.92. The predicted molar refractivity (Wildman–Crippen MR) is 122 cm³/mol. The maximum atomic E-state index is 14.9. The average Bonchev–Trinajstić information content (AvgIpc) is 2.78. The van der Waals surface area contributed by atoms with Crippen LogP contribution in [0.3, 0.4) is 0 Å². The Kier molecular flexibility index (Phi) is 6.50. The van der Waals surface area contributed by atoms with Crippen molar-refractivity contribution in [2.75, 3.05) is 0 Å².